The van der Waals surface area contributed by atoms with Crippen LogP contribution < -0.4 is 5.32 Å². The summed E-state index contributed by atoms with van der Waals surface area (Å²) in [5, 5.41) is 2.88. The average Bonchev–Trinajstić information content (AvgIpc) is 2.25. The summed E-state index contributed by atoms with van der Waals surface area (Å²) in [6.45, 7) is 3.52. The Morgan fingerprint density at radius 2 is 2.18 bits per heavy atom. The fourth-order valence-electron chi connectivity index (χ4n) is 1.48. The van der Waals surface area contributed by atoms with E-state index in [-0.39, 0.29) is 31.6 Å². The van der Waals surface area contributed by atoms with E-state index in [9.17, 15) is 18.0 Å². The first kappa shape index (κ1) is 14.2. The molecule has 1 rings (SSSR count). The molecular weight excluding hydrogens is 237 g/mol. The summed E-state index contributed by atoms with van der Waals surface area (Å²) in [5.41, 5.74) is 0. The van der Waals surface area contributed by atoms with E-state index in [0.717, 1.165) is 0 Å². The quantitative estimate of drug-likeness (QED) is 0.809. The first-order valence-corrected chi connectivity index (χ1v) is 5.50. The molecule has 1 aliphatic heterocycles. The van der Waals surface area contributed by atoms with E-state index < -0.39 is 18.8 Å². The molecule has 0 radical (unpaired) electrons. The van der Waals surface area contributed by atoms with Crippen molar-refractivity contribution in [2.45, 2.75) is 32.2 Å². The molecule has 1 saturated heterocycles. The van der Waals surface area contributed by atoms with E-state index in [1.165, 1.54) is 4.90 Å². The van der Waals surface area contributed by atoms with Crippen molar-refractivity contribution in [2.75, 3.05) is 26.2 Å². The van der Waals surface area contributed by atoms with Gasteiger partial charge in [0.1, 0.15) is 0 Å². The molecule has 0 unspecified atom stereocenters. The molecule has 0 spiro atoms. The lowest BCUT2D eigenvalue weighted by molar-refractivity contribution is -0.236. The number of hydrogen-bond donors (Lipinski definition) is 1. The Morgan fingerprint density at radius 1 is 1.53 bits per heavy atom. The van der Waals surface area contributed by atoms with Crippen LogP contribution in [0.2, 0.25) is 0 Å². The minimum absolute atomic E-state index is 0.0578. The van der Waals surface area contributed by atoms with E-state index in [1.807, 2.05) is 13.8 Å². The van der Waals surface area contributed by atoms with Crippen LogP contribution >= 0.6 is 0 Å². The predicted octanol–water partition coefficient (Wildman–Crippen LogP) is 0.774. The van der Waals surface area contributed by atoms with Gasteiger partial charge in [-0.05, 0) is 0 Å². The Kier molecular flexibility index (Phi) is 4.76. The number of ether oxygens (including phenoxy) is 1. The fraction of sp³-hybridized carbons (Fsp3) is 0.900. The van der Waals surface area contributed by atoms with Gasteiger partial charge in [0.05, 0.1) is 19.7 Å². The van der Waals surface area contributed by atoms with Crippen LogP contribution in [0.1, 0.15) is 13.8 Å². The van der Waals surface area contributed by atoms with Crippen molar-refractivity contribution in [2.24, 2.45) is 0 Å². The molecule has 100 valence electrons. The molecule has 0 aromatic rings. The van der Waals surface area contributed by atoms with Gasteiger partial charge in [0.15, 0.2) is 6.10 Å². The summed E-state index contributed by atoms with van der Waals surface area (Å²) < 4.78 is 41.8. The smallest absolute Gasteiger partial charge is 0.365 e. The summed E-state index contributed by atoms with van der Waals surface area (Å²) in [7, 11) is 0. The maximum Gasteiger partial charge on any atom is 0.416 e. The van der Waals surface area contributed by atoms with Gasteiger partial charge >= 0.3 is 6.18 Å². The highest BCUT2D eigenvalue weighted by molar-refractivity contribution is 5.78. The minimum Gasteiger partial charge on any atom is -0.365 e. The van der Waals surface area contributed by atoms with Crippen LogP contribution in [0.5, 0.6) is 0 Å². The Morgan fingerprint density at radius 3 is 2.71 bits per heavy atom. The summed E-state index contributed by atoms with van der Waals surface area (Å²) >= 11 is 0. The Hall–Kier alpha value is -0.820. The zero-order valence-corrected chi connectivity index (χ0v) is 9.88. The second-order valence-electron chi connectivity index (χ2n) is 4.28. The third kappa shape index (κ3) is 4.51. The number of morpholine rings is 1. The van der Waals surface area contributed by atoms with Gasteiger partial charge < -0.3 is 15.0 Å². The van der Waals surface area contributed by atoms with Gasteiger partial charge in [-0.25, -0.2) is 0 Å². The van der Waals surface area contributed by atoms with Gasteiger partial charge in [-0.3, -0.25) is 4.79 Å². The first-order valence-electron chi connectivity index (χ1n) is 5.50. The molecule has 1 atom stereocenters. The van der Waals surface area contributed by atoms with Crippen molar-refractivity contribution in [3.63, 3.8) is 0 Å². The highest BCUT2D eigenvalue weighted by atomic mass is 19.4. The molecule has 1 aliphatic rings. The molecule has 1 amide bonds. The predicted molar refractivity (Wildman–Crippen MR) is 55.5 cm³/mol. The highest BCUT2D eigenvalue weighted by Crippen LogP contribution is 2.25. The average molecular weight is 254 g/mol. The molecule has 1 fully saturated rings. The van der Waals surface area contributed by atoms with Crippen molar-refractivity contribution >= 4 is 5.91 Å². The zero-order valence-electron chi connectivity index (χ0n) is 9.88. The molecular formula is C10H17F3N2O2. The number of nitrogens with one attached hydrogen (secondary N) is 1. The van der Waals surface area contributed by atoms with Crippen LogP contribution in [0.3, 0.4) is 0 Å². The Labute approximate surface area is 98.1 Å². The molecule has 0 aliphatic carbocycles. The summed E-state index contributed by atoms with van der Waals surface area (Å²) in [5.74, 6) is -0.323. The SMILES string of the molecule is CC(C)NCC(=O)N1CCO[C@H](C(F)(F)F)C1. The van der Waals surface area contributed by atoms with Gasteiger partial charge in [-0.15, -0.1) is 0 Å². The molecule has 1 N–H and O–H groups in total. The van der Waals surface area contributed by atoms with Crippen molar-refractivity contribution in [3.8, 4) is 0 Å². The van der Waals surface area contributed by atoms with E-state index in [1.54, 1.807) is 0 Å². The number of carbonyl (C=O) groups excluding carboxylic acids is 1. The summed E-state index contributed by atoms with van der Waals surface area (Å²) in [6.07, 6.45) is -6.27. The highest BCUT2D eigenvalue weighted by Gasteiger charge is 2.44. The van der Waals surface area contributed by atoms with Gasteiger partial charge in [-0.2, -0.15) is 13.2 Å². The van der Waals surface area contributed by atoms with Crippen molar-refractivity contribution in [1.29, 1.82) is 0 Å². The van der Waals surface area contributed by atoms with Crippen LogP contribution in [0, 0.1) is 0 Å². The molecule has 0 aromatic carbocycles. The second kappa shape index (κ2) is 5.68. The van der Waals surface area contributed by atoms with Crippen molar-refractivity contribution < 1.29 is 22.7 Å². The number of rotatable bonds is 3. The van der Waals surface area contributed by atoms with E-state index in [2.05, 4.69) is 10.1 Å². The fourth-order valence-corrected chi connectivity index (χ4v) is 1.48. The largest absolute Gasteiger partial charge is 0.416 e. The first-order chi connectivity index (χ1) is 7.80. The van der Waals surface area contributed by atoms with Crippen molar-refractivity contribution in [1.82, 2.24) is 10.2 Å². The van der Waals surface area contributed by atoms with Crippen LogP contribution in [0.4, 0.5) is 13.2 Å². The van der Waals surface area contributed by atoms with Crippen LogP contribution in [-0.2, 0) is 9.53 Å². The van der Waals surface area contributed by atoms with Gasteiger partial charge in [0, 0.05) is 12.6 Å². The third-order valence-electron chi connectivity index (χ3n) is 2.45. The van der Waals surface area contributed by atoms with E-state index in [0.29, 0.717) is 0 Å². The van der Waals surface area contributed by atoms with Gasteiger partial charge in [0.25, 0.3) is 0 Å². The standard InChI is InChI=1S/C10H17F3N2O2/c1-7(2)14-5-9(16)15-3-4-17-8(6-15)10(11,12)13/h7-8,14H,3-6H2,1-2H3/t8-/m0/s1. The Bertz CT molecular complexity index is 269. The third-order valence-corrected chi connectivity index (χ3v) is 2.45. The molecule has 4 nitrogen and oxygen atoms in total. The van der Waals surface area contributed by atoms with Crippen LogP contribution in [-0.4, -0.2) is 55.4 Å². The molecule has 1 heterocycles. The molecule has 0 aromatic heterocycles. The second-order valence-corrected chi connectivity index (χ2v) is 4.28. The molecule has 0 saturated carbocycles. The number of hydrogen-bond acceptors (Lipinski definition) is 3. The lowest BCUT2D eigenvalue weighted by atomic mass is 10.2. The monoisotopic (exact) mass is 254 g/mol. The minimum atomic E-state index is -4.41. The van der Waals surface area contributed by atoms with E-state index in [4.69, 9.17) is 0 Å². The number of amides is 1. The molecule has 17 heavy (non-hydrogen) atoms. The van der Waals surface area contributed by atoms with E-state index >= 15 is 0 Å². The number of alkyl halides is 3. The number of carbonyl (C=O) groups is 1. The summed E-state index contributed by atoms with van der Waals surface area (Å²) in [4.78, 5) is 12.8. The normalized spacial score (nSPS) is 22.0. The summed E-state index contributed by atoms with van der Waals surface area (Å²) in [6, 6.07) is 0.124. The topological polar surface area (TPSA) is 41.6 Å². The molecule has 7 heteroatoms. The zero-order chi connectivity index (χ0) is 13.1. The lowest BCUT2D eigenvalue weighted by Gasteiger charge is -2.34. The maximum absolute atomic E-state index is 12.4. The number of nitrogens with zero attached hydrogens (tertiary/aromatic N) is 1. The van der Waals surface area contributed by atoms with Gasteiger partial charge in [0.2, 0.25) is 5.91 Å². The number of halogens is 3. The van der Waals surface area contributed by atoms with Crippen LogP contribution in [0.25, 0.3) is 0 Å². The van der Waals surface area contributed by atoms with Gasteiger partial charge in [-0.1, -0.05) is 13.8 Å². The lowest BCUT2D eigenvalue weighted by Crippen LogP contribution is -2.53. The van der Waals surface area contributed by atoms with Crippen LogP contribution in [0.15, 0.2) is 0 Å². The van der Waals surface area contributed by atoms with Crippen molar-refractivity contribution in [3.05, 3.63) is 0 Å². The maximum atomic E-state index is 12.4. The Balaban J connectivity index is 2.46. The molecule has 0 bridgehead atoms.